The summed E-state index contributed by atoms with van der Waals surface area (Å²) in [6, 6.07) is 18.8. The fourth-order valence-corrected chi connectivity index (χ4v) is 10.8. The Morgan fingerprint density at radius 1 is 0.354 bits per heavy atom. The SMILES string of the molecule is CCCCCCCCCc1cc(CCCCCCCCC)c2c(S(=O)(=O)[O-])cccc2c1.CCCCCCCCCc1cc(CCCCCCCCC)c2c(S(=O)(=O)[O-])cccc2c1.[Zn+2]. The first-order valence-corrected chi connectivity index (χ1v) is 28.8. The van der Waals surface area contributed by atoms with Gasteiger partial charge < -0.3 is 9.11 Å². The van der Waals surface area contributed by atoms with Crippen molar-refractivity contribution < 1.29 is 45.4 Å². The Morgan fingerprint density at radius 2 is 0.615 bits per heavy atom. The zero-order valence-electron chi connectivity index (χ0n) is 41.4. The predicted octanol–water partition coefficient (Wildman–Crippen LogP) is 16.7. The molecule has 65 heavy (non-hydrogen) atoms. The van der Waals surface area contributed by atoms with Gasteiger partial charge in [0.25, 0.3) is 0 Å². The minimum Gasteiger partial charge on any atom is -0.744 e. The summed E-state index contributed by atoms with van der Waals surface area (Å²) >= 11 is 0. The summed E-state index contributed by atoms with van der Waals surface area (Å²) < 4.78 is 71.5. The van der Waals surface area contributed by atoms with Crippen molar-refractivity contribution in [2.75, 3.05) is 0 Å². The zero-order chi connectivity index (χ0) is 46.5. The fraction of sp³-hybridized carbons (Fsp3) is 0.643. The van der Waals surface area contributed by atoms with Crippen LogP contribution in [0.3, 0.4) is 0 Å². The van der Waals surface area contributed by atoms with Crippen LogP contribution in [0.5, 0.6) is 0 Å². The molecule has 6 nitrogen and oxygen atoms in total. The zero-order valence-corrected chi connectivity index (χ0v) is 46.0. The quantitative estimate of drug-likeness (QED) is 0.0262. The van der Waals surface area contributed by atoms with Gasteiger partial charge >= 0.3 is 19.5 Å². The molecule has 0 unspecified atom stereocenters. The van der Waals surface area contributed by atoms with Crippen molar-refractivity contribution in [1.82, 2.24) is 0 Å². The van der Waals surface area contributed by atoms with Crippen molar-refractivity contribution in [3.63, 3.8) is 0 Å². The maximum absolute atomic E-state index is 11.9. The number of unbranched alkanes of at least 4 members (excludes halogenated alkanes) is 24. The van der Waals surface area contributed by atoms with Gasteiger partial charge in [-0.25, -0.2) is 16.8 Å². The summed E-state index contributed by atoms with van der Waals surface area (Å²) in [5.74, 6) is 0. The van der Waals surface area contributed by atoms with E-state index in [4.69, 9.17) is 0 Å². The van der Waals surface area contributed by atoms with Crippen molar-refractivity contribution in [3.8, 4) is 0 Å². The number of hydrogen-bond acceptors (Lipinski definition) is 6. The molecule has 0 aliphatic carbocycles. The van der Waals surface area contributed by atoms with Crippen LogP contribution in [-0.4, -0.2) is 25.9 Å². The number of fused-ring (bicyclic) bond motifs is 2. The summed E-state index contributed by atoms with van der Waals surface area (Å²) in [5, 5.41) is 3.08. The smallest absolute Gasteiger partial charge is 0.744 e. The average Bonchev–Trinajstić information content (AvgIpc) is 3.26. The molecule has 0 saturated heterocycles. The monoisotopic (exact) mass is 983 g/mol. The first-order valence-electron chi connectivity index (χ1n) is 25.9. The Kier molecular flexibility index (Phi) is 31.0. The normalized spacial score (nSPS) is 11.8. The molecule has 0 N–H and O–H groups in total. The van der Waals surface area contributed by atoms with E-state index in [1.807, 2.05) is 12.1 Å². The molecule has 0 aliphatic rings. The molecule has 4 aromatic carbocycles. The van der Waals surface area contributed by atoms with E-state index in [2.05, 4.69) is 52.0 Å². The molecular weight excluding hydrogens is 898 g/mol. The minimum absolute atomic E-state index is 0. The van der Waals surface area contributed by atoms with Crippen molar-refractivity contribution in [2.45, 2.75) is 243 Å². The number of aryl methyl sites for hydroxylation is 4. The van der Waals surface area contributed by atoms with E-state index in [9.17, 15) is 25.9 Å². The van der Waals surface area contributed by atoms with Gasteiger partial charge in [-0.1, -0.05) is 230 Å². The van der Waals surface area contributed by atoms with E-state index in [1.165, 1.54) is 165 Å². The first kappa shape index (κ1) is 59.0. The molecule has 4 rings (SSSR count). The topological polar surface area (TPSA) is 114 Å². The molecule has 0 radical (unpaired) electrons. The van der Waals surface area contributed by atoms with Gasteiger partial charge in [0, 0.05) is 10.8 Å². The van der Waals surface area contributed by atoms with Crippen molar-refractivity contribution in [3.05, 3.63) is 82.9 Å². The number of benzene rings is 4. The second-order valence-corrected chi connectivity index (χ2v) is 21.3. The van der Waals surface area contributed by atoms with E-state index in [0.717, 1.165) is 86.1 Å². The van der Waals surface area contributed by atoms with Crippen LogP contribution in [0.4, 0.5) is 0 Å². The Labute approximate surface area is 410 Å². The Balaban J connectivity index is 0.000000440. The third-order valence-electron chi connectivity index (χ3n) is 12.9. The maximum atomic E-state index is 11.9. The molecule has 0 fully saturated rings. The molecule has 360 valence electrons. The van der Waals surface area contributed by atoms with Crippen LogP contribution in [0.1, 0.15) is 230 Å². The summed E-state index contributed by atoms with van der Waals surface area (Å²) in [4.78, 5) is -0.120. The Morgan fingerprint density at radius 3 is 0.892 bits per heavy atom. The van der Waals surface area contributed by atoms with Gasteiger partial charge in [0.15, 0.2) is 0 Å². The largest absolute Gasteiger partial charge is 2.00 e. The molecular formula is C56H86O6S2Zn. The standard InChI is InChI=1S/2C28H44O3S.Zn/c2*1-3-5-7-9-11-13-15-18-24-22-25(19-16-14-12-10-8-6-4-2)28-26(23-24)20-17-21-27(28)32(29,30)31;/h2*17,20-23H,3-16,18-19H2,1-2H3,(H,29,30,31);/q;;+2/p-2. The van der Waals surface area contributed by atoms with Crippen LogP contribution in [-0.2, 0) is 65.4 Å². The average molecular weight is 985 g/mol. The van der Waals surface area contributed by atoms with Crippen molar-refractivity contribution in [2.24, 2.45) is 0 Å². The van der Waals surface area contributed by atoms with Crippen LogP contribution in [0, 0.1) is 0 Å². The van der Waals surface area contributed by atoms with E-state index in [1.54, 1.807) is 12.1 Å². The van der Waals surface area contributed by atoms with Crippen molar-refractivity contribution in [1.29, 1.82) is 0 Å². The van der Waals surface area contributed by atoms with Crippen molar-refractivity contribution >= 4 is 41.8 Å². The van der Waals surface area contributed by atoms with E-state index < -0.39 is 20.2 Å². The van der Waals surface area contributed by atoms with Gasteiger partial charge in [0.1, 0.15) is 20.2 Å². The van der Waals surface area contributed by atoms with E-state index in [-0.39, 0.29) is 29.3 Å². The predicted molar refractivity (Wildman–Crippen MR) is 271 cm³/mol. The minimum atomic E-state index is -4.49. The third kappa shape index (κ3) is 23.1. The molecule has 0 saturated carbocycles. The molecule has 0 heterocycles. The van der Waals surface area contributed by atoms with Crippen LogP contribution in [0.25, 0.3) is 21.5 Å². The van der Waals surface area contributed by atoms with Gasteiger partial charge in [0.2, 0.25) is 0 Å². The second kappa shape index (κ2) is 34.2. The summed E-state index contributed by atoms with van der Waals surface area (Å²) in [7, 11) is -8.98. The van der Waals surface area contributed by atoms with Gasteiger partial charge in [-0.05, 0) is 96.5 Å². The first-order chi connectivity index (χ1) is 30.9. The van der Waals surface area contributed by atoms with Crippen LogP contribution < -0.4 is 0 Å². The molecule has 0 aliphatic heterocycles. The Bertz CT molecular complexity index is 1960. The van der Waals surface area contributed by atoms with E-state index >= 15 is 0 Å². The van der Waals surface area contributed by atoms with Gasteiger partial charge in [-0.3, -0.25) is 0 Å². The van der Waals surface area contributed by atoms with E-state index in [0.29, 0.717) is 10.8 Å². The maximum Gasteiger partial charge on any atom is 2.00 e. The Hall–Kier alpha value is -2.16. The molecule has 0 amide bonds. The second-order valence-electron chi connectivity index (χ2n) is 18.6. The molecule has 0 spiro atoms. The molecule has 4 aromatic rings. The molecule has 0 aromatic heterocycles. The molecule has 9 heteroatoms. The number of rotatable bonds is 34. The summed E-state index contributed by atoms with van der Waals surface area (Å²) in [6.07, 6.45) is 38.7. The van der Waals surface area contributed by atoms with Gasteiger partial charge in [-0.2, -0.15) is 0 Å². The molecule has 0 bridgehead atoms. The molecule has 0 atom stereocenters. The van der Waals surface area contributed by atoms with Crippen LogP contribution in [0.2, 0.25) is 0 Å². The van der Waals surface area contributed by atoms with Gasteiger partial charge in [0.05, 0.1) is 9.79 Å². The summed E-state index contributed by atoms with van der Waals surface area (Å²) in [6.45, 7) is 8.94. The number of hydrogen-bond donors (Lipinski definition) is 0. The van der Waals surface area contributed by atoms with Crippen LogP contribution in [0.15, 0.2) is 70.5 Å². The fourth-order valence-electron chi connectivity index (χ4n) is 9.32. The summed E-state index contributed by atoms with van der Waals surface area (Å²) in [5.41, 5.74) is 4.60. The van der Waals surface area contributed by atoms with Crippen LogP contribution >= 0.6 is 0 Å². The third-order valence-corrected chi connectivity index (χ3v) is 14.7. The van der Waals surface area contributed by atoms with Gasteiger partial charge in [-0.15, -0.1) is 0 Å².